The zero-order valence-electron chi connectivity index (χ0n) is 10.9. The van der Waals surface area contributed by atoms with E-state index in [1.165, 1.54) is 0 Å². The zero-order valence-corrected chi connectivity index (χ0v) is 12.5. The van der Waals surface area contributed by atoms with E-state index in [1.54, 1.807) is 4.90 Å². The number of rotatable bonds is 6. The second kappa shape index (κ2) is 7.21. The minimum Gasteiger partial charge on any atom is -0.376 e. The van der Waals surface area contributed by atoms with Gasteiger partial charge in [-0.2, -0.15) is 0 Å². The van der Waals surface area contributed by atoms with E-state index < -0.39 is 0 Å². The molecule has 3 nitrogen and oxygen atoms in total. The largest absolute Gasteiger partial charge is 0.376 e. The summed E-state index contributed by atoms with van der Waals surface area (Å²) in [5, 5.41) is 3.12. The van der Waals surface area contributed by atoms with Gasteiger partial charge in [-0.1, -0.05) is 28.1 Å². The third-order valence-electron chi connectivity index (χ3n) is 2.48. The van der Waals surface area contributed by atoms with Crippen LogP contribution in [0.4, 0.5) is 5.69 Å². The molecule has 98 valence electrons. The minimum atomic E-state index is 0.0865. The molecular formula is C14H19BrN2O. The Balaban J connectivity index is 2.49. The van der Waals surface area contributed by atoms with Gasteiger partial charge in [-0.25, -0.2) is 0 Å². The van der Waals surface area contributed by atoms with Gasteiger partial charge in [0.25, 0.3) is 0 Å². The van der Waals surface area contributed by atoms with Gasteiger partial charge in [-0.05, 0) is 38.1 Å². The van der Waals surface area contributed by atoms with Crippen LogP contribution < -0.4 is 5.32 Å². The first-order chi connectivity index (χ1) is 8.52. The van der Waals surface area contributed by atoms with Crippen molar-refractivity contribution in [3.8, 4) is 0 Å². The summed E-state index contributed by atoms with van der Waals surface area (Å²) in [6.45, 7) is 9.37. The van der Waals surface area contributed by atoms with Gasteiger partial charge in [0.2, 0.25) is 5.91 Å². The van der Waals surface area contributed by atoms with Crippen molar-refractivity contribution in [1.82, 2.24) is 4.90 Å². The average molecular weight is 311 g/mol. The van der Waals surface area contributed by atoms with Crippen LogP contribution in [0, 0.1) is 0 Å². The third kappa shape index (κ3) is 4.92. The van der Waals surface area contributed by atoms with E-state index in [-0.39, 0.29) is 5.91 Å². The maximum atomic E-state index is 12.0. The highest BCUT2D eigenvalue weighted by atomic mass is 79.9. The third-order valence-corrected chi connectivity index (χ3v) is 3.01. The van der Waals surface area contributed by atoms with E-state index in [9.17, 15) is 4.79 Å². The second-order valence-corrected chi connectivity index (χ2v) is 5.14. The lowest BCUT2D eigenvalue weighted by molar-refractivity contribution is -0.128. The van der Waals surface area contributed by atoms with E-state index >= 15 is 0 Å². The van der Waals surface area contributed by atoms with Crippen molar-refractivity contribution in [3.63, 3.8) is 0 Å². The Bertz CT molecular complexity index is 414. The molecule has 0 saturated heterocycles. The molecular weight excluding hydrogens is 292 g/mol. The Kier molecular flexibility index (Phi) is 5.92. The van der Waals surface area contributed by atoms with E-state index in [0.717, 1.165) is 15.7 Å². The van der Waals surface area contributed by atoms with Crippen LogP contribution in [0.25, 0.3) is 0 Å². The number of nitrogens with one attached hydrogen (secondary N) is 1. The fourth-order valence-electron chi connectivity index (χ4n) is 1.56. The van der Waals surface area contributed by atoms with Crippen molar-refractivity contribution in [2.45, 2.75) is 13.8 Å². The van der Waals surface area contributed by atoms with Crippen molar-refractivity contribution < 1.29 is 4.79 Å². The molecule has 0 bridgehead atoms. The van der Waals surface area contributed by atoms with E-state index in [0.29, 0.717) is 19.6 Å². The quantitative estimate of drug-likeness (QED) is 0.818. The average Bonchev–Trinajstić information content (AvgIpc) is 2.34. The normalized spacial score (nSPS) is 9.94. The first kappa shape index (κ1) is 14.8. The molecule has 0 spiro atoms. The number of nitrogens with zero attached hydrogens (tertiary/aromatic N) is 1. The molecule has 1 aromatic carbocycles. The molecule has 0 aliphatic heterocycles. The Hall–Kier alpha value is -1.29. The maximum Gasteiger partial charge on any atom is 0.242 e. The first-order valence-electron chi connectivity index (χ1n) is 5.94. The number of likely N-dealkylation sites (N-methyl/N-ethyl adjacent to an activating group) is 1. The van der Waals surface area contributed by atoms with Crippen molar-refractivity contribution in [2.24, 2.45) is 0 Å². The lowest BCUT2D eigenvalue weighted by atomic mass is 10.3. The smallest absolute Gasteiger partial charge is 0.242 e. The van der Waals surface area contributed by atoms with Crippen LogP contribution in [0.3, 0.4) is 0 Å². The lowest BCUT2D eigenvalue weighted by Gasteiger charge is -2.21. The fourth-order valence-corrected chi connectivity index (χ4v) is 1.82. The van der Waals surface area contributed by atoms with Gasteiger partial charge in [-0.3, -0.25) is 4.79 Å². The maximum absolute atomic E-state index is 12.0. The Morgan fingerprint density at radius 2 is 2.00 bits per heavy atom. The van der Waals surface area contributed by atoms with E-state index in [2.05, 4.69) is 27.8 Å². The van der Waals surface area contributed by atoms with Crippen LogP contribution in [0.5, 0.6) is 0 Å². The predicted octanol–water partition coefficient (Wildman–Crippen LogP) is 3.29. The standard InChI is InChI=1S/C14H19BrN2O/c1-4-17(10-11(2)3)14(18)9-16-13-7-5-12(15)6-8-13/h5-8,16H,2,4,9-10H2,1,3H3. The van der Waals surface area contributed by atoms with E-state index in [1.807, 2.05) is 38.1 Å². The SMILES string of the molecule is C=C(C)CN(CC)C(=O)CNc1ccc(Br)cc1. The molecule has 0 aliphatic carbocycles. The van der Waals surface area contributed by atoms with Gasteiger partial charge in [-0.15, -0.1) is 0 Å². The fraction of sp³-hybridized carbons (Fsp3) is 0.357. The van der Waals surface area contributed by atoms with Gasteiger partial charge in [0.15, 0.2) is 0 Å². The number of halogens is 1. The topological polar surface area (TPSA) is 32.3 Å². The summed E-state index contributed by atoms with van der Waals surface area (Å²) in [6.07, 6.45) is 0. The molecule has 0 atom stereocenters. The summed E-state index contributed by atoms with van der Waals surface area (Å²) in [6, 6.07) is 7.76. The number of anilines is 1. The Morgan fingerprint density at radius 3 is 2.50 bits per heavy atom. The molecule has 0 radical (unpaired) electrons. The highest BCUT2D eigenvalue weighted by Crippen LogP contribution is 2.13. The summed E-state index contributed by atoms with van der Waals surface area (Å²) in [5.74, 6) is 0.0865. The van der Waals surface area contributed by atoms with Gasteiger partial charge >= 0.3 is 0 Å². The van der Waals surface area contributed by atoms with Gasteiger partial charge in [0.05, 0.1) is 6.54 Å². The molecule has 0 fully saturated rings. The highest BCUT2D eigenvalue weighted by molar-refractivity contribution is 9.10. The van der Waals surface area contributed by atoms with Crippen molar-refractivity contribution in [2.75, 3.05) is 25.0 Å². The lowest BCUT2D eigenvalue weighted by Crippen LogP contribution is -2.36. The molecule has 1 rings (SSSR count). The van der Waals surface area contributed by atoms with Crippen LogP contribution in [0.2, 0.25) is 0 Å². The zero-order chi connectivity index (χ0) is 13.5. The molecule has 1 N–H and O–H groups in total. The minimum absolute atomic E-state index is 0.0865. The summed E-state index contributed by atoms with van der Waals surface area (Å²) < 4.78 is 1.02. The number of hydrogen-bond donors (Lipinski definition) is 1. The number of carbonyl (C=O) groups excluding carboxylic acids is 1. The van der Waals surface area contributed by atoms with Gasteiger partial charge < -0.3 is 10.2 Å². The molecule has 0 heterocycles. The number of hydrogen-bond acceptors (Lipinski definition) is 2. The molecule has 1 aromatic rings. The summed E-state index contributed by atoms with van der Waals surface area (Å²) in [5.41, 5.74) is 1.94. The van der Waals surface area contributed by atoms with Crippen molar-refractivity contribution >= 4 is 27.5 Å². The molecule has 1 amide bonds. The van der Waals surface area contributed by atoms with Crippen LogP contribution in [0.15, 0.2) is 40.9 Å². The highest BCUT2D eigenvalue weighted by Gasteiger charge is 2.10. The van der Waals surface area contributed by atoms with Crippen LogP contribution >= 0.6 is 15.9 Å². The van der Waals surface area contributed by atoms with Gasteiger partial charge in [0, 0.05) is 23.2 Å². The number of carbonyl (C=O) groups is 1. The molecule has 0 unspecified atom stereocenters. The van der Waals surface area contributed by atoms with Crippen LogP contribution in [0.1, 0.15) is 13.8 Å². The van der Waals surface area contributed by atoms with Crippen LogP contribution in [-0.2, 0) is 4.79 Å². The second-order valence-electron chi connectivity index (χ2n) is 4.23. The summed E-state index contributed by atoms with van der Waals surface area (Å²) in [4.78, 5) is 13.7. The van der Waals surface area contributed by atoms with Crippen molar-refractivity contribution in [1.29, 1.82) is 0 Å². The van der Waals surface area contributed by atoms with E-state index in [4.69, 9.17) is 0 Å². The number of benzene rings is 1. The number of amides is 1. The summed E-state index contributed by atoms with van der Waals surface area (Å²) >= 11 is 3.37. The Morgan fingerprint density at radius 1 is 1.39 bits per heavy atom. The van der Waals surface area contributed by atoms with Gasteiger partial charge in [0.1, 0.15) is 0 Å². The molecule has 0 aromatic heterocycles. The summed E-state index contributed by atoms with van der Waals surface area (Å²) in [7, 11) is 0. The predicted molar refractivity (Wildman–Crippen MR) is 79.7 cm³/mol. The van der Waals surface area contributed by atoms with Crippen molar-refractivity contribution in [3.05, 3.63) is 40.9 Å². The Labute approximate surface area is 117 Å². The molecule has 0 aliphatic rings. The monoisotopic (exact) mass is 310 g/mol. The molecule has 18 heavy (non-hydrogen) atoms. The molecule has 4 heteroatoms. The molecule has 0 saturated carbocycles. The first-order valence-corrected chi connectivity index (χ1v) is 6.73. The van der Waals surface area contributed by atoms with Crippen LogP contribution in [-0.4, -0.2) is 30.4 Å².